The van der Waals surface area contributed by atoms with Crippen LogP contribution in [0.2, 0.25) is 0 Å². The van der Waals surface area contributed by atoms with Gasteiger partial charge in [-0.3, -0.25) is 0 Å². The highest BCUT2D eigenvalue weighted by Crippen LogP contribution is 2.46. The van der Waals surface area contributed by atoms with Crippen molar-refractivity contribution in [3.8, 4) is 0 Å². The van der Waals surface area contributed by atoms with E-state index in [1.807, 2.05) is 0 Å². The summed E-state index contributed by atoms with van der Waals surface area (Å²) >= 11 is 0. The Kier molecular flexibility index (Phi) is 2.83. The van der Waals surface area contributed by atoms with Crippen molar-refractivity contribution < 1.29 is 43.7 Å². The first-order valence-corrected chi connectivity index (χ1v) is 6.07. The van der Waals surface area contributed by atoms with Gasteiger partial charge in [-0.1, -0.05) is 0 Å². The van der Waals surface area contributed by atoms with Gasteiger partial charge < -0.3 is 4.18 Å². The van der Waals surface area contributed by atoms with E-state index in [1.54, 1.807) is 0 Å². The molecule has 1 aromatic carbocycles. The molecule has 2 rings (SSSR count). The van der Waals surface area contributed by atoms with Crippen LogP contribution in [0.3, 0.4) is 0 Å². The number of carbonyl (C=O) groups excluding carboxylic acids is 1. The van der Waals surface area contributed by atoms with Crippen LogP contribution in [0.5, 0.6) is 0 Å². The molecule has 0 saturated heterocycles. The number of carbonyl (C=O) groups is 1. The number of benzene rings is 1. The van der Waals surface area contributed by atoms with Gasteiger partial charge in [-0.15, -0.1) is 0 Å². The van der Waals surface area contributed by atoms with E-state index in [9.17, 15) is 39.6 Å². The highest BCUT2D eigenvalue weighted by molar-refractivity contribution is 7.87. The summed E-state index contributed by atoms with van der Waals surface area (Å²) in [7, 11) is -5.22. The van der Waals surface area contributed by atoms with Crippen LogP contribution in [0, 0.1) is 0 Å². The second kappa shape index (κ2) is 3.87. The zero-order valence-corrected chi connectivity index (χ0v) is 9.78. The molecule has 0 atom stereocenters. The standard InChI is InChI=1S/C9H2F6O4S/c10-8(11,12)4-2-1-3-6(5(4)9(13,14)15)20(17,18)19-7(3)16/h1-2H. The van der Waals surface area contributed by atoms with Crippen molar-refractivity contribution in [2.75, 3.05) is 0 Å². The molecule has 1 aliphatic rings. The van der Waals surface area contributed by atoms with Gasteiger partial charge in [-0.2, -0.15) is 34.8 Å². The van der Waals surface area contributed by atoms with E-state index >= 15 is 0 Å². The molecule has 1 aromatic rings. The number of hydrogen-bond donors (Lipinski definition) is 0. The van der Waals surface area contributed by atoms with Crippen molar-refractivity contribution in [3.05, 3.63) is 28.8 Å². The highest BCUT2D eigenvalue weighted by atomic mass is 32.2. The summed E-state index contributed by atoms with van der Waals surface area (Å²) in [5.74, 6) is -1.65. The van der Waals surface area contributed by atoms with Crippen LogP contribution in [0.4, 0.5) is 26.3 Å². The van der Waals surface area contributed by atoms with Crippen LogP contribution in [-0.4, -0.2) is 14.4 Å². The van der Waals surface area contributed by atoms with Crippen molar-refractivity contribution in [3.63, 3.8) is 0 Å². The molecule has 110 valence electrons. The fourth-order valence-corrected chi connectivity index (χ4v) is 2.98. The van der Waals surface area contributed by atoms with Crippen LogP contribution in [0.15, 0.2) is 17.0 Å². The predicted octanol–water partition coefficient (Wildman–Crippen LogP) is 2.58. The molecule has 0 spiro atoms. The largest absolute Gasteiger partial charge is 0.418 e. The molecule has 0 bridgehead atoms. The summed E-state index contributed by atoms with van der Waals surface area (Å²) in [6.45, 7) is 0. The normalized spacial score (nSPS) is 17.8. The summed E-state index contributed by atoms with van der Waals surface area (Å²) in [4.78, 5) is 9.27. The zero-order valence-electron chi connectivity index (χ0n) is 8.96. The number of fused-ring (bicyclic) bond motifs is 1. The van der Waals surface area contributed by atoms with Gasteiger partial charge in [0.25, 0.3) is 0 Å². The van der Waals surface area contributed by atoms with Gasteiger partial charge >= 0.3 is 28.4 Å². The zero-order chi connectivity index (χ0) is 15.5. The number of halogens is 6. The predicted molar refractivity (Wildman–Crippen MR) is 49.0 cm³/mol. The van der Waals surface area contributed by atoms with E-state index in [0.29, 0.717) is 6.07 Å². The Labute approximate surface area is 107 Å². The van der Waals surface area contributed by atoms with Crippen LogP contribution in [0.25, 0.3) is 0 Å². The van der Waals surface area contributed by atoms with E-state index < -0.39 is 50.0 Å². The third kappa shape index (κ3) is 2.11. The molecule has 20 heavy (non-hydrogen) atoms. The van der Waals surface area contributed by atoms with Crippen LogP contribution >= 0.6 is 0 Å². The Morgan fingerprint density at radius 3 is 1.95 bits per heavy atom. The maximum absolute atomic E-state index is 12.8. The Morgan fingerprint density at radius 1 is 0.950 bits per heavy atom. The maximum Gasteiger partial charge on any atom is 0.418 e. The third-order valence-electron chi connectivity index (χ3n) is 2.40. The molecule has 0 radical (unpaired) electrons. The third-order valence-corrected chi connectivity index (χ3v) is 3.70. The minimum atomic E-state index is -5.63. The lowest BCUT2D eigenvalue weighted by Gasteiger charge is -2.16. The molecule has 0 amide bonds. The average Bonchev–Trinajstić information content (AvgIpc) is 2.46. The topological polar surface area (TPSA) is 60.4 Å². The van der Waals surface area contributed by atoms with Gasteiger partial charge in [0.2, 0.25) is 0 Å². The SMILES string of the molecule is O=C1OS(=O)(=O)c2c1ccc(C(F)(F)F)c2C(F)(F)F. The fourth-order valence-electron chi connectivity index (χ4n) is 1.71. The fraction of sp³-hybridized carbons (Fsp3) is 0.222. The van der Waals surface area contributed by atoms with Crippen molar-refractivity contribution >= 4 is 16.1 Å². The summed E-state index contributed by atoms with van der Waals surface area (Å²) < 4.78 is 102. The van der Waals surface area contributed by atoms with Crippen molar-refractivity contribution in [1.82, 2.24) is 0 Å². The van der Waals surface area contributed by atoms with E-state index in [4.69, 9.17) is 0 Å². The molecular formula is C9H2F6O4S. The smallest absolute Gasteiger partial charge is 0.338 e. The number of rotatable bonds is 0. The molecular weight excluding hydrogens is 318 g/mol. The minimum absolute atomic E-state index is 0.0102. The first kappa shape index (κ1) is 14.6. The molecule has 0 unspecified atom stereocenters. The Morgan fingerprint density at radius 2 is 1.50 bits per heavy atom. The second-order valence-electron chi connectivity index (χ2n) is 3.69. The monoisotopic (exact) mass is 320 g/mol. The van der Waals surface area contributed by atoms with E-state index in [1.165, 1.54) is 0 Å². The Bertz CT molecular complexity index is 700. The van der Waals surface area contributed by atoms with Gasteiger partial charge in [0, 0.05) is 0 Å². The van der Waals surface area contributed by atoms with Gasteiger partial charge in [0.05, 0.1) is 16.7 Å². The maximum atomic E-state index is 12.8. The van der Waals surface area contributed by atoms with Crippen LogP contribution in [0.1, 0.15) is 21.5 Å². The second-order valence-corrected chi connectivity index (χ2v) is 5.17. The molecule has 0 aliphatic carbocycles. The molecule has 0 fully saturated rings. The lowest BCUT2D eigenvalue weighted by molar-refractivity contribution is -0.163. The highest BCUT2D eigenvalue weighted by Gasteiger charge is 2.51. The molecule has 1 heterocycles. The molecule has 4 nitrogen and oxygen atoms in total. The first-order valence-electron chi connectivity index (χ1n) is 4.66. The van der Waals surface area contributed by atoms with Crippen molar-refractivity contribution in [2.24, 2.45) is 0 Å². The van der Waals surface area contributed by atoms with Crippen molar-refractivity contribution in [1.29, 1.82) is 0 Å². The Balaban J connectivity index is 2.97. The number of alkyl halides is 6. The van der Waals surface area contributed by atoms with Gasteiger partial charge in [-0.25, -0.2) is 4.79 Å². The molecule has 0 aromatic heterocycles. The van der Waals surface area contributed by atoms with E-state index in [2.05, 4.69) is 4.18 Å². The van der Waals surface area contributed by atoms with Gasteiger partial charge in [0.15, 0.2) is 0 Å². The number of hydrogen-bond acceptors (Lipinski definition) is 4. The molecule has 0 N–H and O–H groups in total. The van der Waals surface area contributed by atoms with Gasteiger partial charge in [0.1, 0.15) is 4.90 Å². The Hall–Kier alpha value is -1.78. The van der Waals surface area contributed by atoms with Crippen LogP contribution in [-0.2, 0) is 26.7 Å². The molecule has 11 heteroatoms. The van der Waals surface area contributed by atoms with E-state index in [0.717, 1.165) is 0 Å². The lowest BCUT2D eigenvalue weighted by Crippen LogP contribution is -2.20. The molecule has 0 saturated carbocycles. The van der Waals surface area contributed by atoms with Gasteiger partial charge in [-0.05, 0) is 12.1 Å². The first-order chi connectivity index (χ1) is 8.86. The van der Waals surface area contributed by atoms with Crippen molar-refractivity contribution in [2.45, 2.75) is 17.2 Å². The quantitative estimate of drug-likeness (QED) is 0.544. The van der Waals surface area contributed by atoms with Crippen LogP contribution < -0.4 is 0 Å². The molecule has 1 aliphatic heterocycles. The minimum Gasteiger partial charge on any atom is -0.338 e. The summed E-state index contributed by atoms with van der Waals surface area (Å²) in [6.07, 6.45) is -11.1. The summed E-state index contributed by atoms with van der Waals surface area (Å²) in [5.41, 5.74) is -5.73. The summed E-state index contributed by atoms with van der Waals surface area (Å²) in [6, 6.07) is 0.323. The average molecular weight is 320 g/mol. The lowest BCUT2D eigenvalue weighted by atomic mass is 10.0. The summed E-state index contributed by atoms with van der Waals surface area (Å²) in [5, 5.41) is 0. The van der Waals surface area contributed by atoms with E-state index in [-0.39, 0.29) is 6.07 Å².